The molecule has 98 valence electrons. The van der Waals surface area contributed by atoms with Gasteiger partial charge in [0.05, 0.1) is 11.6 Å². The number of nitrogens with one attached hydrogen (secondary N) is 1. The summed E-state index contributed by atoms with van der Waals surface area (Å²) in [5.41, 5.74) is 5.47. The number of hydrogen-bond acceptors (Lipinski definition) is 3. The molecule has 2 saturated carbocycles. The number of hydrogen-bond donors (Lipinski definition) is 3. The van der Waals surface area contributed by atoms with Crippen molar-refractivity contribution in [3.8, 4) is 0 Å². The molecule has 1 amide bonds. The van der Waals surface area contributed by atoms with Crippen molar-refractivity contribution in [2.24, 2.45) is 17.6 Å². The van der Waals surface area contributed by atoms with Gasteiger partial charge in [-0.15, -0.1) is 0 Å². The quantitative estimate of drug-likeness (QED) is 0.680. The summed E-state index contributed by atoms with van der Waals surface area (Å²) >= 11 is 0. The molecule has 0 bridgehead atoms. The van der Waals surface area contributed by atoms with E-state index in [0.717, 1.165) is 38.5 Å². The second-order valence-electron chi connectivity index (χ2n) is 5.97. The molecular weight excluding hydrogens is 216 g/mol. The first-order valence-electron chi connectivity index (χ1n) is 6.76. The topological polar surface area (TPSA) is 75.4 Å². The Morgan fingerprint density at radius 2 is 2.24 bits per heavy atom. The van der Waals surface area contributed by atoms with E-state index in [1.165, 1.54) is 0 Å². The molecule has 0 heterocycles. The second-order valence-corrected chi connectivity index (χ2v) is 5.97. The third-order valence-corrected chi connectivity index (χ3v) is 4.12. The molecule has 0 spiro atoms. The molecule has 0 aromatic rings. The van der Waals surface area contributed by atoms with Crippen LogP contribution in [-0.4, -0.2) is 29.2 Å². The number of amides is 1. The first-order valence-corrected chi connectivity index (χ1v) is 6.76. The molecule has 2 fully saturated rings. The minimum absolute atomic E-state index is 0.0799. The molecule has 0 saturated heterocycles. The average molecular weight is 240 g/mol. The van der Waals surface area contributed by atoms with Crippen LogP contribution >= 0.6 is 0 Å². The zero-order valence-corrected chi connectivity index (χ0v) is 10.6. The summed E-state index contributed by atoms with van der Waals surface area (Å²) in [5.74, 6) is 0.839. The molecule has 2 aliphatic rings. The smallest absolute Gasteiger partial charge is 0.240 e. The number of aliphatic hydroxyl groups excluding tert-OH is 1. The van der Waals surface area contributed by atoms with E-state index in [9.17, 15) is 9.90 Å². The van der Waals surface area contributed by atoms with Crippen molar-refractivity contribution in [2.75, 3.05) is 6.54 Å². The van der Waals surface area contributed by atoms with E-state index in [2.05, 4.69) is 12.2 Å². The SMILES string of the molecule is CC1CCCC(N)(C(=O)NCC(O)C2CC2)C1. The minimum atomic E-state index is -0.707. The van der Waals surface area contributed by atoms with Gasteiger partial charge in [-0.3, -0.25) is 4.79 Å². The van der Waals surface area contributed by atoms with Gasteiger partial charge in [-0.1, -0.05) is 19.8 Å². The van der Waals surface area contributed by atoms with E-state index in [0.29, 0.717) is 18.4 Å². The Labute approximate surface area is 103 Å². The highest BCUT2D eigenvalue weighted by atomic mass is 16.3. The van der Waals surface area contributed by atoms with Crippen molar-refractivity contribution in [2.45, 2.75) is 57.1 Å². The Morgan fingerprint density at radius 3 is 2.82 bits per heavy atom. The number of nitrogens with two attached hydrogens (primary N) is 1. The standard InChI is InChI=1S/C13H24N2O2/c1-9-3-2-6-13(14,7-9)12(17)15-8-11(16)10-4-5-10/h9-11,16H,2-8,14H2,1H3,(H,15,17). The fourth-order valence-electron chi connectivity index (χ4n) is 2.82. The Kier molecular flexibility index (Phi) is 3.73. The van der Waals surface area contributed by atoms with Crippen LogP contribution in [0.5, 0.6) is 0 Å². The van der Waals surface area contributed by atoms with Gasteiger partial charge in [-0.2, -0.15) is 0 Å². The Hall–Kier alpha value is -0.610. The molecule has 4 nitrogen and oxygen atoms in total. The van der Waals surface area contributed by atoms with Crippen LogP contribution in [0.4, 0.5) is 0 Å². The van der Waals surface area contributed by atoms with E-state index in [4.69, 9.17) is 5.73 Å². The van der Waals surface area contributed by atoms with E-state index in [-0.39, 0.29) is 12.0 Å². The largest absolute Gasteiger partial charge is 0.391 e. The van der Waals surface area contributed by atoms with Gasteiger partial charge in [0.1, 0.15) is 0 Å². The molecule has 3 unspecified atom stereocenters. The van der Waals surface area contributed by atoms with Crippen LogP contribution in [0.25, 0.3) is 0 Å². The van der Waals surface area contributed by atoms with Crippen molar-refractivity contribution in [3.63, 3.8) is 0 Å². The van der Waals surface area contributed by atoms with Crippen molar-refractivity contribution in [1.82, 2.24) is 5.32 Å². The van der Waals surface area contributed by atoms with Gasteiger partial charge in [0.25, 0.3) is 0 Å². The summed E-state index contributed by atoms with van der Waals surface area (Å²) < 4.78 is 0. The summed E-state index contributed by atoms with van der Waals surface area (Å²) in [6.07, 6.45) is 5.50. The van der Waals surface area contributed by atoms with Gasteiger partial charge >= 0.3 is 0 Å². The zero-order valence-electron chi connectivity index (χ0n) is 10.6. The van der Waals surface area contributed by atoms with Crippen LogP contribution in [0.1, 0.15) is 45.4 Å². The van der Waals surface area contributed by atoms with E-state index < -0.39 is 5.54 Å². The molecular formula is C13H24N2O2. The number of rotatable bonds is 4. The van der Waals surface area contributed by atoms with Gasteiger partial charge in [0.2, 0.25) is 5.91 Å². The fourth-order valence-corrected chi connectivity index (χ4v) is 2.82. The zero-order chi connectivity index (χ0) is 12.5. The summed E-state index contributed by atoms with van der Waals surface area (Å²) in [6, 6.07) is 0. The molecule has 4 N–H and O–H groups in total. The summed E-state index contributed by atoms with van der Waals surface area (Å²) in [7, 11) is 0. The van der Waals surface area contributed by atoms with Gasteiger partial charge in [-0.05, 0) is 37.5 Å². The fraction of sp³-hybridized carbons (Fsp3) is 0.923. The van der Waals surface area contributed by atoms with Crippen molar-refractivity contribution < 1.29 is 9.90 Å². The predicted octanol–water partition coefficient (Wildman–Crippen LogP) is 0.781. The van der Waals surface area contributed by atoms with Crippen molar-refractivity contribution in [3.05, 3.63) is 0 Å². The Balaban J connectivity index is 1.81. The lowest BCUT2D eigenvalue weighted by molar-refractivity contribution is -0.128. The number of carbonyl (C=O) groups excluding carboxylic acids is 1. The maximum absolute atomic E-state index is 12.1. The van der Waals surface area contributed by atoms with E-state index in [1.807, 2.05) is 0 Å². The first-order chi connectivity index (χ1) is 8.01. The maximum Gasteiger partial charge on any atom is 0.240 e. The highest BCUT2D eigenvalue weighted by Gasteiger charge is 2.38. The van der Waals surface area contributed by atoms with Crippen molar-refractivity contribution in [1.29, 1.82) is 0 Å². The third kappa shape index (κ3) is 3.19. The molecule has 0 aliphatic heterocycles. The second kappa shape index (κ2) is 4.94. The highest BCUT2D eigenvalue weighted by Crippen LogP contribution is 2.33. The van der Waals surface area contributed by atoms with Gasteiger partial charge in [0.15, 0.2) is 0 Å². The molecule has 0 radical (unpaired) electrons. The van der Waals surface area contributed by atoms with Crippen LogP contribution in [0, 0.1) is 11.8 Å². The summed E-state index contributed by atoms with van der Waals surface area (Å²) in [4.78, 5) is 12.1. The van der Waals surface area contributed by atoms with Crippen LogP contribution in [0.2, 0.25) is 0 Å². The predicted molar refractivity (Wildman–Crippen MR) is 66.3 cm³/mol. The van der Waals surface area contributed by atoms with Crippen LogP contribution in [0.3, 0.4) is 0 Å². The summed E-state index contributed by atoms with van der Waals surface area (Å²) in [5, 5.41) is 12.5. The Morgan fingerprint density at radius 1 is 1.53 bits per heavy atom. The molecule has 2 rings (SSSR count). The Bertz CT molecular complexity index is 291. The molecule has 0 aromatic carbocycles. The maximum atomic E-state index is 12.1. The lowest BCUT2D eigenvalue weighted by Gasteiger charge is -2.35. The van der Waals surface area contributed by atoms with Crippen LogP contribution < -0.4 is 11.1 Å². The van der Waals surface area contributed by atoms with Gasteiger partial charge < -0.3 is 16.2 Å². The normalized spacial score (nSPS) is 35.4. The monoisotopic (exact) mass is 240 g/mol. The van der Waals surface area contributed by atoms with E-state index in [1.54, 1.807) is 0 Å². The molecule has 17 heavy (non-hydrogen) atoms. The van der Waals surface area contributed by atoms with Gasteiger partial charge in [-0.25, -0.2) is 0 Å². The highest BCUT2D eigenvalue weighted by molar-refractivity contribution is 5.86. The molecule has 3 atom stereocenters. The minimum Gasteiger partial charge on any atom is -0.391 e. The number of aliphatic hydroxyl groups is 1. The van der Waals surface area contributed by atoms with Gasteiger partial charge in [0, 0.05) is 6.54 Å². The average Bonchev–Trinajstić information content (AvgIpc) is 3.08. The first kappa shape index (κ1) is 12.8. The van der Waals surface area contributed by atoms with Crippen molar-refractivity contribution >= 4 is 5.91 Å². The molecule has 4 heteroatoms. The van der Waals surface area contributed by atoms with E-state index >= 15 is 0 Å². The third-order valence-electron chi connectivity index (χ3n) is 4.12. The molecule has 2 aliphatic carbocycles. The van der Waals surface area contributed by atoms with Crippen LogP contribution in [0.15, 0.2) is 0 Å². The summed E-state index contributed by atoms with van der Waals surface area (Å²) in [6.45, 7) is 2.50. The lowest BCUT2D eigenvalue weighted by atomic mass is 9.76. The molecule has 0 aromatic heterocycles. The lowest BCUT2D eigenvalue weighted by Crippen LogP contribution is -2.57. The van der Waals surface area contributed by atoms with Crippen LogP contribution in [-0.2, 0) is 4.79 Å². The number of carbonyl (C=O) groups is 1.